The number of halogens is 1. The third kappa shape index (κ3) is 12.4. The van der Waals surface area contributed by atoms with Crippen LogP contribution in [0.3, 0.4) is 0 Å². The summed E-state index contributed by atoms with van der Waals surface area (Å²) in [5.41, 5.74) is 1.50. The first kappa shape index (κ1) is 34.7. The zero-order valence-corrected chi connectivity index (χ0v) is 27.1. The molecule has 2 heterocycles. The number of nitrogens with one attached hydrogen (secondary N) is 3. The molecule has 234 valence electrons. The number of hydrogen-bond acceptors (Lipinski definition) is 7. The number of Topliss-reactive ketones (excluding diaryl/α,β-unsaturated/α-hetero) is 1. The number of carbonyl (C=O) groups excluding carboxylic acids is 4. The molecule has 0 spiro atoms. The van der Waals surface area contributed by atoms with Gasteiger partial charge in [0.15, 0.2) is 0 Å². The van der Waals surface area contributed by atoms with Gasteiger partial charge >= 0.3 is 0 Å². The van der Waals surface area contributed by atoms with E-state index >= 15 is 0 Å². The van der Waals surface area contributed by atoms with Crippen LogP contribution in [-0.4, -0.2) is 62.3 Å². The molecule has 1 aliphatic heterocycles. The minimum atomic E-state index is -1.14. The first-order valence-corrected chi connectivity index (χ1v) is 17.8. The molecule has 0 aliphatic carbocycles. The number of carbonyl (C=O) groups is 4. The maximum atomic E-state index is 13.5. The maximum absolute atomic E-state index is 13.5. The van der Waals surface area contributed by atoms with Crippen molar-refractivity contribution in [3.05, 3.63) is 64.9 Å². The molecule has 2 unspecified atom stereocenters. The average molecular weight is 649 g/mol. The Morgan fingerprint density at radius 1 is 1.05 bits per heavy atom. The molecule has 2 aromatic rings. The molecule has 12 heteroatoms. The summed E-state index contributed by atoms with van der Waals surface area (Å²) >= 11 is 6.02. The van der Waals surface area contributed by atoms with Crippen molar-refractivity contribution in [3.63, 3.8) is 0 Å². The van der Waals surface area contributed by atoms with Crippen LogP contribution in [0.15, 0.2) is 48.7 Å². The van der Waals surface area contributed by atoms with E-state index in [4.69, 9.17) is 11.6 Å². The number of unbranched alkanes of at least 4 members (excludes halogenated alkanes) is 1. The monoisotopic (exact) mass is 648 g/mol. The number of hydrogen-bond donors (Lipinski definition) is 3. The van der Waals surface area contributed by atoms with Gasteiger partial charge in [0.2, 0.25) is 17.6 Å². The largest absolute Gasteiger partial charge is 0.349 e. The van der Waals surface area contributed by atoms with Gasteiger partial charge in [-0.1, -0.05) is 60.9 Å². The van der Waals surface area contributed by atoms with Crippen LogP contribution in [0.25, 0.3) is 0 Å². The molecule has 1 aliphatic rings. The van der Waals surface area contributed by atoms with Gasteiger partial charge in [0, 0.05) is 53.7 Å². The molecule has 9 nitrogen and oxygen atoms in total. The lowest BCUT2D eigenvalue weighted by atomic mass is 9.99. The second-order valence-corrected chi connectivity index (χ2v) is 15.0. The van der Waals surface area contributed by atoms with Gasteiger partial charge in [-0.25, -0.2) is 4.21 Å². The summed E-state index contributed by atoms with van der Waals surface area (Å²) in [6.45, 7) is 4.10. The van der Waals surface area contributed by atoms with Gasteiger partial charge in [-0.2, -0.15) is 0 Å². The number of rotatable bonds is 17. The standard InChI is InChI=1S/C31H41ClN4O5S2/c1-21(2)19-27(35-28(37)9-4-3-8-25-15-18-42-43(25)41)30(39)36-26(20-22-10-12-23(32)13-11-22)29(38)31(40)34-17-14-24-7-5-6-16-33-24/h5-7,10-13,16,21,25-27H,3-4,8-9,14-15,17-20H2,1-2H3,(H,34,40)(H,35,37)(H,36,39)/t25?,26-,27-,43?/m0/s1. The van der Waals surface area contributed by atoms with E-state index in [1.165, 1.54) is 10.8 Å². The molecule has 1 aromatic heterocycles. The van der Waals surface area contributed by atoms with E-state index in [0.717, 1.165) is 36.3 Å². The SMILES string of the molecule is CC(C)C[C@H](NC(=O)CCCCC1CCSS1=O)C(=O)N[C@@H](Cc1ccc(Cl)cc1)C(=O)C(=O)NCCc1ccccn1. The summed E-state index contributed by atoms with van der Waals surface area (Å²) in [7, 11) is 0.651. The van der Waals surface area contributed by atoms with E-state index in [-0.39, 0.29) is 36.5 Å². The Morgan fingerprint density at radius 2 is 1.81 bits per heavy atom. The Balaban J connectivity index is 1.61. The topological polar surface area (TPSA) is 134 Å². The van der Waals surface area contributed by atoms with E-state index in [1.807, 2.05) is 26.0 Å². The van der Waals surface area contributed by atoms with Crippen molar-refractivity contribution in [1.29, 1.82) is 0 Å². The highest BCUT2D eigenvalue weighted by molar-refractivity contribution is 8.69. The molecule has 4 atom stereocenters. The Labute approximate surface area is 264 Å². The molecule has 43 heavy (non-hydrogen) atoms. The fraction of sp³-hybridized carbons (Fsp3) is 0.516. The van der Waals surface area contributed by atoms with Gasteiger partial charge in [0.1, 0.15) is 12.1 Å². The number of amides is 3. The predicted octanol–water partition coefficient (Wildman–Crippen LogP) is 3.95. The van der Waals surface area contributed by atoms with E-state index in [0.29, 0.717) is 24.3 Å². The molecule has 3 N–H and O–H groups in total. The molecular weight excluding hydrogens is 608 g/mol. The van der Waals surface area contributed by atoms with Crippen molar-refractivity contribution in [2.45, 2.75) is 82.5 Å². The number of pyridine rings is 1. The summed E-state index contributed by atoms with van der Waals surface area (Å²) in [4.78, 5) is 56.6. The minimum absolute atomic E-state index is 0.0819. The third-order valence-electron chi connectivity index (χ3n) is 7.05. The number of aromatic nitrogens is 1. The molecular formula is C31H41ClN4O5S2. The molecule has 3 amide bonds. The Morgan fingerprint density at radius 3 is 2.47 bits per heavy atom. The zero-order chi connectivity index (χ0) is 31.2. The number of ketones is 1. The summed E-state index contributed by atoms with van der Waals surface area (Å²) in [5.74, 6) is -1.35. The van der Waals surface area contributed by atoms with Crippen LogP contribution in [-0.2, 0) is 41.9 Å². The average Bonchev–Trinajstić information content (AvgIpc) is 3.39. The summed E-state index contributed by atoms with van der Waals surface area (Å²) < 4.78 is 11.9. The predicted molar refractivity (Wildman–Crippen MR) is 172 cm³/mol. The fourth-order valence-corrected chi connectivity index (χ4v) is 8.37. The summed E-state index contributed by atoms with van der Waals surface area (Å²) in [6.07, 6.45) is 6.00. The minimum Gasteiger partial charge on any atom is -0.349 e. The Hall–Kier alpha value is -2.76. The van der Waals surface area contributed by atoms with Crippen molar-refractivity contribution < 1.29 is 23.4 Å². The smallest absolute Gasteiger partial charge is 0.289 e. The number of nitrogens with zero attached hydrogens (tertiary/aromatic N) is 1. The highest BCUT2D eigenvalue weighted by atomic mass is 35.5. The van der Waals surface area contributed by atoms with Gasteiger partial charge in [-0.3, -0.25) is 24.2 Å². The normalized spacial score (nSPS) is 17.7. The molecule has 1 aromatic carbocycles. The quantitative estimate of drug-likeness (QED) is 0.134. The molecule has 0 saturated carbocycles. The molecule has 0 radical (unpaired) electrons. The van der Waals surface area contributed by atoms with Crippen molar-refractivity contribution in [2.75, 3.05) is 12.3 Å². The fourth-order valence-electron chi connectivity index (χ4n) is 4.75. The Kier molecular flexibility index (Phi) is 14.7. The summed E-state index contributed by atoms with van der Waals surface area (Å²) in [5, 5.41) is 8.92. The lowest BCUT2D eigenvalue weighted by molar-refractivity contribution is -0.140. The first-order valence-electron chi connectivity index (χ1n) is 14.7. The molecule has 3 rings (SSSR count). The van der Waals surface area contributed by atoms with Crippen LogP contribution in [0.2, 0.25) is 5.02 Å². The van der Waals surface area contributed by atoms with Crippen LogP contribution in [0.5, 0.6) is 0 Å². The third-order valence-corrected chi connectivity index (χ3v) is 11.0. The molecule has 1 saturated heterocycles. The van der Waals surface area contributed by atoms with Crippen molar-refractivity contribution >= 4 is 55.7 Å². The van der Waals surface area contributed by atoms with Crippen molar-refractivity contribution in [3.8, 4) is 0 Å². The lowest BCUT2D eigenvalue weighted by Crippen LogP contribution is -2.55. The van der Waals surface area contributed by atoms with Crippen LogP contribution < -0.4 is 16.0 Å². The highest BCUT2D eigenvalue weighted by Gasteiger charge is 2.31. The van der Waals surface area contributed by atoms with Gasteiger partial charge in [-0.15, -0.1) is 0 Å². The maximum Gasteiger partial charge on any atom is 0.289 e. The van der Waals surface area contributed by atoms with E-state index in [9.17, 15) is 23.4 Å². The van der Waals surface area contributed by atoms with Crippen LogP contribution in [0.4, 0.5) is 0 Å². The van der Waals surface area contributed by atoms with E-state index in [2.05, 4.69) is 20.9 Å². The van der Waals surface area contributed by atoms with E-state index in [1.54, 1.807) is 36.5 Å². The van der Waals surface area contributed by atoms with E-state index < -0.39 is 39.5 Å². The van der Waals surface area contributed by atoms with Gasteiger partial charge in [0.05, 0.1) is 9.83 Å². The van der Waals surface area contributed by atoms with Crippen molar-refractivity contribution in [1.82, 2.24) is 20.9 Å². The molecule has 0 bridgehead atoms. The van der Waals surface area contributed by atoms with Gasteiger partial charge < -0.3 is 16.0 Å². The summed E-state index contributed by atoms with van der Waals surface area (Å²) in [6, 6.07) is 10.3. The second-order valence-electron chi connectivity index (χ2n) is 11.1. The number of benzene rings is 1. The highest BCUT2D eigenvalue weighted by Crippen LogP contribution is 2.29. The molecule has 1 fully saturated rings. The second kappa shape index (κ2) is 18.1. The van der Waals surface area contributed by atoms with Crippen molar-refractivity contribution in [2.24, 2.45) is 5.92 Å². The van der Waals surface area contributed by atoms with Crippen LogP contribution in [0.1, 0.15) is 63.6 Å². The lowest BCUT2D eigenvalue weighted by Gasteiger charge is -2.24. The Bertz CT molecular complexity index is 1250. The zero-order valence-electron chi connectivity index (χ0n) is 24.7. The van der Waals surface area contributed by atoms with Crippen LogP contribution >= 0.6 is 22.4 Å². The van der Waals surface area contributed by atoms with Gasteiger partial charge in [0.25, 0.3) is 5.91 Å². The van der Waals surface area contributed by atoms with Gasteiger partial charge in [-0.05, 0) is 61.4 Å². The van der Waals surface area contributed by atoms with Crippen LogP contribution in [0, 0.1) is 5.92 Å². The first-order chi connectivity index (χ1) is 20.6.